The summed E-state index contributed by atoms with van der Waals surface area (Å²) in [4.78, 5) is 38.8. The molecule has 2 amide bonds. The van der Waals surface area contributed by atoms with E-state index in [1.165, 1.54) is 18.2 Å². The van der Waals surface area contributed by atoms with E-state index in [1.807, 2.05) is 36.4 Å². The number of carbonyl (C=O) groups is 2. The Balaban J connectivity index is 1.65. The minimum Gasteiger partial charge on any atom is -0.455 e. The van der Waals surface area contributed by atoms with Crippen molar-refractivity contribution in [3.05, 3.63) is 96.8 Å². The van der Waals surface area contributed by atoms with Crippen LogP contribution in [0.3, 0.4) is 0 Å². The van der Waals surface area contributed by atoms with Crippen LogP contribution in [0.5, 0.6) is 11.5 Å². The summed E-state index contributed by atoms with van der Waals surface area (Å²) in [5.74, 6) is 0.446. The summed E-state index contributed by atoms with van der Waals surface area (Å²) < 4.78 is 5.98. The molecule has 0 radical (unpaired) electrons. The predicted octanol–water partition coefficient (Wildman–Crippen LogP) is 4.60. The van der Waals surface area contributed by atoms with E-state index in [0.29, 0.717) is 22.7 Å². The first-order chi connectivity index (χ1) is 15.6. The van der Waals surface area contributed by atoms with Gasteiger partial charge in [0.15, 0.2) is 5.75 Å². The molecule has 4 rings (SSSR count). The maximum Gasteiger partial charge on any atom is 0.258 e. The average Bonchev–Trinajstić information content (AvgIpc) is 2.82. The van der Waals surface area contributed by atoms with Gasteiger partial charge in [0.1, 0.15) is 12.1 Å². The third-order valence-electron chi connectivity index (χ3n) is 4.41. The van der Waals surface area contributed by atoms with Crippen molar-refractivity contribution in [3.63, 3.8) is 0 Å². The molecular weight excluding hydrogens is 406 g/mol. The minimum atomic E-state index is -0.370. The lowest BCUT2D eigenvalue weighted by atomic mass is 10.2. The minimum absolute atomic E-state index is 0.0246. The zero-order valence-electron chi connectivity index (χ0n) is 17.2. The maximum absolute atomic E-state index is 12.6. The Morgan fingerprint density at radius 1 is 0.844 bits per heavy atom. The van der Waals surface area contributed by atoms with E-state index in [4.69, 9.17) is 4.74 Å². The summed E-state index contributed by atoms with van der Waals surface area (Å²) in [6.45, 7) is 1.39. The highest BCUT2D eigenvalue weighted by molar-refractivity contribution is 6.03. The Kier molecular flexibility index (Phi) is 6.12. The van der Waals surface area contributed by atoms with E-state index < -0.39 is 0 Å². The lowest BCUT2D eigenvalue weighted by Gasteiger charge is -2.22. The number of hydrogen-bond acceptors (Lipinski definition) is 6. The molecular formula is C24H19N5O3. The predicted molar refractivity (Wildman–Crippen MR) is 120 cm³/mol. The molecule has 0 unspecified atom stereocenters. The van der Waals surface area contributed by atoms with Crippen LogP contribution in [0.4, 0.5) is 17.6 Å². The van der Waals surface area contributed by atoms with E-state index in [1.54, 1.807) is 48.5 Å². The average molecular weight is 425 g/mol. The number of anilines is 3. The number of nitrogens with one attached hydrogen (secondary N) is 1. The molecule has 158 valence electrons. The number of amides is 2. The Morgan fingerprint density at radius 2 is 1.50 bits per heavy atom. The molecule has 0 atom stereocenters. The molecule has 0 saturated carbocycles. The van der Waals surface area contributed by atoms with Crippen LogP contribution in [0.15, 0.2) is 91.3 Å². The van der Waals surface area contributed by atoms with Gasteiger partial charge >= 0.3 is 0 Å². The van der Waals surface area contributed by atoms with Crippen LogP contribution < -0.4 is 15.0 Å². The molecule has 0 bridgehead atoms. The molecule has 3 aromatic carbocycles. The van der Waals surface area contributed by atoms with E-state index in [-0.39, 0.29) is 23.7 Å². The lowest BCUT2D eigenvalue weighted by Crippen LogP contribution is -2.26. The highest BCUT2D eigenvalue weighted by Gasteiger charge is 2.22. The number of aromatic nitrogens is 3. The first-order valence-corrected chi connectivity index (χ1v) is 9.80. The van der Waals surface area contributed by atoms with Gasteiger partial charge in [0.25, 0.3) is 5.91 Å². The van der Waals surface area contributed by atoms with Crippen molar-refractivity contribution in [2.24, 2.45) is 0 Å². The van der Waals surface area contributed by atoms with E-state index in [9.17, 15) is 9.59 Å². The molecule has 8 heteroatoms. The summed E-state index contributed by atoms with van der Waals surface area (Å²) in [6, 6.07) is 25.0. The fourth-order valence-corrected chi connectivity index (χ4v) is 2.98. The summed E-state index contributed by atoms with van der Waals surface area (Å²) in [6.07, 6.45) is 1.24. The Morgan fingerprint density at radius 3 is 2.22 bits per heavy atom. The van der Waals surface area contributed by atoms with Crippen LogP contribution in [0.2, 0.25) is 0 Å². The van der Waals surface area contributed by atoms with Crippen LogP contribution in [0, 0.1) is 0 Å². The fourth-order valence-electron chi connectivity index (χ4n) is 2.98. The second-order valence-electron chi connectivity index (χ2n) is 6.67. The molecule has 8 nitrogen and oxygen atoms in total. The molecule has 0 fully saturated rings. The van der Waals surface area contributed by atoms with Gasteiger partial charge in [0.05, 0.1) is 5.69 Å². The molecule has 0 aliphatic carbocycles. The smallest absolute Gasteiger partial charge is 0.258 e. The second kappa shape index (κ2) is 9.48. The Bertz CT molecular complexity index is 1230. The number of benzene rings is 3. The third-order valence-corrected chi connectivity index (χ3v) is 4.41. The molecule has 0 aliphatic heterocycles. The van der Waals surface area contributed by atoms with Crippen molar-refractivity contribution in [2.75, 3.05) is 10.2 Å². The van der Waals surface area contributed by atoms with Gasteiger partial charge in [-0.3, -0.25) is 14.9 Å². The van der Waals surface area contributed by atoms with Crippen LogP contribution >= 0.6 is 0 Å². The molecule has 1 N–H and O–H groups in total. The van der Waals surface area contributed by atoms with E-state index in [0.717, 1.165) is 0 Å². The van der Waals surface area contributed by atoms with Crippen LogP contribution in [0.25, 0.3) is 0 Å². The van der Waals surface area contributed by atoms with Crippen molar-refractivity contribution < 1.29 is 14.3 Å². The largest absolute Gasteiger partial charge is 0.455 e. The fraction of sp³-hybridized carbons (Fsp3) is 0.0417. The standard InChI is InChI=1S/C24H19N5O3/c1-17(30)29(20-14-8-9-15-21(20)32-19-12-6-3-7-13-19)24-26-16-25-23(28-24)27-22(31)18-10-4-2-5-11-18/h2-16H,1H3,(H,25,26,27,28,31). The number of nitrogens with zero attached hydrogens (tertiary/aromatic N) is 4. The van der Waals surface area contributed by atoms with Crippen molar-refractivity contribution in [2.45, 2.75) is 6.92 Å². The number of rotatable bonds is 6. The van der Waals surface area contributed by atoms with Crippen LogP contribution in [-0.4, -0.2) is 26.8 Å². The zero-order chi connectivity index (χ0) is 22.3. The SMILES string of the molecule is CC(=O)N(c1ncnc(NC(=O)c2ccccc2)n1)c1ccccc1Oc1ccccc1. The summed E-state index contributed by atoms with van der Waals surface area (Å²) in [5.41, 5.74) is 0.912. The topological polar surface area (TPSA) is 97.3 Å². The van der Waals surface area contributed by atoms with Crippen molar-refractivity contribution in [1.82, 2.24) is 15.0 Å². The van der Waals surface area contributed by atoms with Gasteiger partial charge in [-0.25, -0.2) is 14.9 Å². The van der Waals surface area contributed by atoms with Crippen molar-refractivity contribution in [1.29, 1.82) is 0 Å². The van der Waals surface area contributed by atoms with Crippen molar-refractivity contribution >= 4 is 29.4 Å². The van der Waals surface area contributed by atoms with E-state index >= 15 is 0 Å². The number of ether oxygens (including phenoxy) is 1. The van der Waals surface area contributed by atoms with Gasteiger partial charge in [-0.1, -0.05) is 48.5 Å². The molecule has 32 heavy (non-hydrogen) atoms. The quantitative estimate of drug-likeness (QED) is 0.485. The van der Waals surface area contributed by atoms with Gasteiger partial charge < -0.3 is 4.74 Å². The Labute approximate surface area is 184 Å². The summed E-state index contributed by atoms with van der Waals surface area (Å²) >= 11 is 0. The van der Waals surface area contributed by atoms with Gasteiger partial charge in [0.2, 0.25) is 17.8 Å². The lowest BCUT2D eigenvalue weighted by molar-refractivity contribution is -0.115. The molecule has 0 saturated heterocycles. The molecule has 1 heterocycles. The zero-order valence-corrected chi connectivity index (χ0v) is 17.2. The molecule has 0 spiro atoms. The van der Waals surface area contributed by atoms with Crippen molar-refractivity contribution in [3.8, 4) is 11.5 Å². The molecule has 0 aliphatic rings. The molecule has 1 aromatic heterocycles. The highest BCUT2D eigenvalue weighted by Crippen LogP contribution is 2.35. The first-order valence-electron chi connectivity index (χ1n) is 9.80. The van der Waals surface area contributed by atoms with Gasteiger partial charge in [-0.15, -0.1) is 0 Å². The second-order valence-corrected chi connectivity index (χ2v) is 6.67. The number of carbonyl (C=O) groups excluding carboxylic acids is 2. The Hall–Kier alpha value is -4.59. The maximum atomic E-state index is 12.6. The number of hydrogen-bond donors (Lipinski definition) is 1. The molecule has 4 aromatic rings. The normalized spacial score (nSPS) is 10.3. The first kappa shape index (κ1) is 20.7. The third kappa shape index (κ3) is 4.76. The summed E-state index contributed by atoms with van der Waals surface area (Å²) in [7, 11) is 0. The van der Waals surface area contributed by atoms with Gasteiger partial charge in [0, 0.05) is 12.5 Å². The number of para-hydroxylation sites is 3. The van der Waals surface area contributed by atoms with Crippen LogP contribution in [-0.2, 0) is 4.79 Å². The van der Waals surface area contributed by atoms with Gasteiger partial charge in [-0.2, -0.15) is 4.98 Å². The van der Waals surface area contributed by atoms with Gasteiger partial charge in [-0.05, 0) is 36.4 Å². The summed E-state index contributed by atoms with van der Waals surface area (Å²) in [5, 5.41) is 2.63. The van der Waals surface area contributed by atoms with E-state index in [2.05, 4.69) is 20.3 Å². The van der Waals surface area contributed by atoms with Crippen LogP contribution in [0.1, 0.15) is 17.3 Å². The highest BCUT2D eigenvalue weighted by atomic mass is 16.5. The monoisotopic (exact) mass is 425 g/mol.